The van der Waals surface area contributed by atoms with Crippen LogP contribution in [0.4, 0.5) is 4.39 Å². The quantitative estimate of drug-likeness (QED) is 0.558. The summed E-state index contributed by atoms with van der Waals surface area (Å²) in [4.78, 5) is 30.1. The first-order chi connectivity index (χ1) is 12.0. The lowest BCUT2D eigenvalue weighted by atomic mass is 10.3. The van der Waals surface area contributed by atoms with Crippen LogP contribution in [0, 0.1) is 5.82 Å². The second-order valence-corrected chi connectivity index (χ2v) is 5.86. The molecule has 0 aliphatic heterocycles. The van der Waals surface area contributed by atoms with Gasteiger partial charge in [0.1, 0.15) is 5.82 Å². The van der Waals surface area contributed by atoms with E-state index < -0.39 is 5.97 Å². The van der Waals surface area contributed by atoms with E-state index in [4.69, 9.17) is 4.74 Å². The molecule has 2 aromatic rings. The molecule has 6 nitrogen and oxygen atoms in total. The van der Waals surface area contributed by atoms with Crippen LogP contribution in [0.1, 0.15) is 24.3 Å². The van der Waals surface area contributed by atoms with Crippen molar-refractivity contribution in [2.45, 2.75) is 19.0 Å². The number of amides is 1. The fraction of sp³-hybridized carbons (Fsp3) is 0.353. The normalized spacial score (nSPS) is 10.6. The molecule has 1 heterocycles. The number of aromatic nitrogens is 2. The van der Waals surface area contributed by atoms with Crippen molar-refractivity contribution in [3.63, 3.8) is 0 Å². The number of likely N-dealkylation sites (N-methyl/N-ethyl adjacent to an activating group) is 1. The minimum atomic E-state index is -0.655. The van der Waals surface area contributed by atoms with E-state index in [1.165, 1.54) is 30.1 Å². The van der Waals surface area contributed by atoms with Crippen molar-refractivity contribution in [3.8, 4) is 5.69 Å². The van der Waals surface area contributed by atoms with Crippen LogP contribution in [0.3, 0.4) is 0 Å². The van der Waals surface area contributed by atoms with E-state index in [1.54, 1.807) is 21.6 Å². The SMILES string of the molecule is CCN(CC)C(=O)COC(=O)c1cnc(SC)n1-c1ccc(F)cc1. The highest BCUT2D eigenvalue weighted by Gasteiger charge is 2.21. The second-order valence-electron chi connectivity index (χ2n) is 5.08. The third-order valence-corrected chi connectivity index (χ3v) is 4.30. The number of ether oxygens (including phenoxy) is 1. The fourth-order valence-electron chi connectivity index (χ4n) is 2.33. The summed E-state index contributed by atoms with van der Waals surface area (Å²) in [5.74, 6) is -1.28. The van der Waals surface area contributed by atoms with E-state index in [9.17, 15) is 14.0 Å². The van der Waals surface area contributed by atoms with E-state index in [1.807, 2.05) is 20.1 Å². The van der Waals surface area contributed by atoms with E-state index in [0.717, 1.165) is 0 Å². The van der Waals surface area contributed by atoms with Crippen LogP contribution in [0.25, 0.3) is 5.69 Å². The van der Waals surface area contributed by atoms with Crippen molar-refractivity contribution in [1.29, 1.82) is 0 Å². The topological polar surface area (TPSA) is 64.4 Å². The summed E-state index contributed by atoms with van der Waals surface area (Å²) in [5.41, 5.74) is 0.772. The second kappa shape index (κ2) is 8.66. The zero-order chi connectivity index (χ0) is 18.4. The van der Waals surface area contributed by atoms with Crippen LogP contribution in [0.2, 0.25) is 0 Å². The van der Waals surface area contributed by atoms with Gasteiger partial charge in [-0.1, -0.05) is 11.8 Å². The summed E-state index contributed by atoms with van der Waals surface area (Å²) >= 11 is 1.34. The minimum absolute atomic E-state index is 0.184. The number of benzene rings is 1. The molecule has 0 radical (unpaired) electrons. The Morgan fingerprint density at radius 2 is 1.88 bits per heavy atom. The predicted molar refractivity (Wildman–Crippen MR) is 93.5 cm³/mol. The molecule has 2 rings (SSSR count). The van der Waals surface area contributed by atoms with Gasteiger partial charge in [-0.15, -0.1) is 0 Å². The van der Waals surface area contributed by atoms with E-state index in [0.29, 0.717) is 23.9 Å². The summed E-state index contributed by atoms with van der Waals surface area (Å²) in [6, 6.07) is 5.71. The van der Waals surface area contributed by atoms with E-state index in [2.05, 4.69) is 4.98 Å². The van der Waals surface area contributed by atoms with Crippen LogP contribution in [0.5, 0.6) is 0 Å². The molecule has 0 bridgehead atoms. The number of imidazole rings is 1. The van der Waals surface area contributed by atoms with Crippen molar-refractivity contribution < 1.29 is 18.7 Å². The van der Waals surface area contributed by atoms with Crippen LogP contribution in [-0.2, 0) is 9.53 Å². The molecule has 0 aliphatic rings. The third kappa shape index (κ3) is 4.39. The molecule has 1 amide bonds. The van der Waals surface area contributed by atoms with Crippen molar-refractivity contribution in [2.24, 2.45) is 0 Å². The van der Waals surface area contributed by atoms with Gasteiger partial charge in [-0.05, 0) is 44.4 Å². The van der Waals surface area contributed by atoms with Gasteiger partial charge < -0.3 is 9.64 Å². The number of esters is 1. The third-order valence-electron chi connectivity index (χ3n) is 3.65. The summed E-state index contributed by atoms with van der Waals surface area (Å²) < 4.78 is 19.9. The summed E-state index contributed by atoms with van der Waals surface area (Å²) in [6.45, 7) is 4.49. The Morgan fingerprint density at radius 1 is 1.24 bits per heavy atom. The lowest BCUT2D eigenvalue weighted by molar-refractivity contribution is -0.134. The van der Waals surface area contributed by atoms with Crippen LogP contribution < -0.4 is 0 Å². The van der Waals surface area contributed by atoms with Crippen molar-refractivity contribution in [2.75, 3.05) is 26.0 Å². The Labute approximate surface area is 150 Å². The molecule has 0 N–H and O–H groups in total. The highest BCUT2D eigenvalue weighted by Crippen LogP contribution is 2.22. The first-order valence-corrected chi connectivity index (χ1v) is 9.06. The number of hydrogen-bond acceptors (Lipinski definition) is 5. The minimum Gasteiger partial charge on any atom is -0.451 e. The van der Waals surface area contributed by atoms with Gasteiger partial charge in [-0.25, -0.2) is 14.2 Å². The Morgan fingerprint density at radius 3 is 2.44 bits per heavy atom. The van der Waals surface area contributed by atoms with Crippen LogP contribution >= 0.6 is 11.8 Å². The zero-order valence-electron chi connectivity index (χ0n) is 14.4. The van der Waals surface area contributed by atoms with Crippen molar-refractivity contribution in [1.82, 2.24) is 14.5 Å². The predicted octanol–water partition coefficient (Wildman–Crippen LogP) is 2.76. The molecule has 0 unspecified atom stereocenters. The van der Waals surface area contributed by atoms with Gasteiger partial charge in [0, 0.05) is 18.8 Å². The monoisotopic (exact) mass is 365 g/mol. The van der Waals surface area contributed by atoms with E-state index >= 15 is 0 Å². The molecule has 8 heteroatoms. The number of thioether (sulfide) groups is 1. The van der Waals surface area contributed by atoms with Gasteiger partial charge in [-0.2, -0.15) is 0 Å². The van der Waals surface area contributed by atoms with E-state index in [-0.39, 0.29) is 24.0 Å². The molecule has 0 aliphatic carbocycles. The van der Waals surface area contributed by atoms with Gasteiger partial charge >= 0.3 is 5.97 Å². The number of carbonyl (C=O) groups is 2. The van der Waals surface area contributed by atoms with Crippen LogP contribution in [0.15, 0.2) is 35.6 Å². The maximum absolute atomic E-state index is 13.2. The zero-order valence-corrected chi connectivity index (χ0v) is 15.2. The number of halogens is 1. The number of rotatable bonds is 7. The molecular weight excluding hydrogens is 345 g/mol. The van der Waals surface area contributed by atoms with Gasteiger partial charge in [0.05, 0.1) is 6.20 Å². The molecule has 134 valence electrons. The number of hydrogen-bond donors (Lipinski definition) is 0. The molecule has 0 spiro atoms. The van der Waals surface area contributed by atoms with Gasteiger partial charge in [-0.3, -0.25) is 9.36 Å². The van der Waals surface area contributed by atoms with Crippen molar-refractivity contribution >= 4 is 23.6 Å². The summed E-state index contributed by atoms with van der Waals surface area (Å²) in [6.07, 6.45) is 3.21. The highest BCUT2D eigenvalue weighted by atomic mass is 32.2. The highest BCUT2D eigenvalue weighted by molar-refractivity contribution is 7.98. The molecule has 25 heavy (non-hydrogen) atoms. The molecular formula is C17H20FN3O3S. The Balaban J connectivity index is 2.21. The average Bonchev–Trinajstić information content (AvgIpc) is 3.05. The first-order valence-electron chi connectivity index (χ1n) is 7.84. The molecule has 0 fully saturated rings. The summed E-state index contributed by atoms with van der Waals surface area (Å²) in [7, 11) is 0. The maximum Gasteiger partial charge on any atom is 0.357 e. The molecule has 0 saturated carbocycles. The molecule has 1 aromatic carbocycles. The average molecular weight is 365 g/mol. The van der Waals surface area contributed by atoms with Crippen molar-refractivity contribution in [3.05, 3.63) is 42.0 Å². The first kappa shape index (κ1) is 19.0. The summed E-state index contributed by atoms with van der Waals surface area (Å²) in [5, 5.41) is 0.564. The standard InChI is InChI=1S/C17H20FN3O3S/c1-4-20(5-2)15(22)11-24-16(23)14-10-19-17(25-3)21(14)13-8-6-12(18)7-9-13/h6-10H,4-5,11H2,1-3H3. The maximum atomic E-state index is 13.2. The largest absolute Gasteiger partial charge is 0.451 e. The lowest BCUT2D eigenvalue weighted by Gasteiger charge is -2.18. The fourth-order valence-corrected chi connectivity index (χ4v) is 2.88. The van der Waals surface area contributed by atoms with Gasteiger partial charge in [0.2, 0.25) is 0 Å². The number of nitrogens with zero attached hydrogens (tertiary/aromatic N) is 3. The smallest absolute Gasteiger partial charge is 0.357 e. The molecule has 0 saturated heterocycles. The van der Waals surface area contributed by atoms with Crippen LogP contribution in [-0.4, -0.2) is 52.3 Å². The molecule has 1 aromatic heterocycles. The number of carbonyl (C=O) groups excluding carboxylic acids is 2. The van der Waals surface area contributed by atoms with Gasteiger partial charge in [0.25, 0.3) is 5.91 Å². The molecule has 0 atom stereocenters. The van der Waals surface area contributed by atoms with Gasteiger partial charge in [0.15, 0.2) is 17.5 Å². The Bertz CT molecular complexity index is 742. The lowest BCUT2D eigenvalue weighted by Crippen LogP contribution is -2.34. The Hall–Kier alpha value is -2.35. The Kier molecular flexibility index (Phi) is 6.58.